The van der Waals surface area contributed by atoms with Crippen LogP contribution in [-0.2, 0) is 11.4 Å². The highest BCUT2D eigenvalue weighted by Crippen LogP contribution is 2.10. The largest absolute Gasteiger partial charge is 0.391 e. The van der Waals surface area contributed by atoms with Crippen molar-refractivity contribution in [1.29, 1.82) is 0 Å². The van der Waals surface area contributed by atoms with Crippen LogP contribution in [0.25, 0.3) is 0 Å². The average Bonchev–Trinajstić information content (AvgIpc) is 2.33. The highest BCUT2D eigenvalue weighted by Gasteiger charge is 2.10. The molecule has 4 nitrogen and oxygen atoms in total. The van der Waals surface area contributed by atoms with Gasteiger partial charge >= 0.3 is 0 Å². The molecule has 0 aliphatic carbocycles. The fourth-order valence-corrected chi connectivity index (χ4v) is 1.40. The second-order valence-corrected chi connectivity index (χ2v) is 5.79. The Hall–Kier alpha value is -1.10. The van der Waals surface area contributed by atoms with Gasteiger partial charge in [0.25, 0.3) is 0 Å². The molecule has 5 heteroatoms. The molecule has 0 aromatic heterocycles. The maximum atomic E-state index is 9.64. The number of hydrogen-bond donors (Lipinski definition) is 2. The molecule has 0 spiro atoms. The number of aliphatic hydroxyl groups excluding tert-OH is 1. The van der Waals surface area contributed by atoms with Gasteiger partial charge < -0.3 is 15.3 Å². The van der Waals surface area contributed by atoms with E-state index in [2.05, 4.69) is 10.5 Å². The van der Waals surface area contributed by atoms with E-state index in [1.807, 2.05) is 32.9 Å². The molecule has 0 aliphatic heterocycles. The molecule has 1 aromatic carbocycles. The molecule has 0 saturated carbocycles. The molecule has 1 atom stereocenters. The summed E-state index contributed by atoms with van der Waals surface area (Å²) in [4.78, 5) is 5.10. The van der Waals surface area contributed by atoms with Gasteiger partial charge in [-0.1, -0.05) is 28.9 Å². The summed E-state index contributed by atoms with van der Waals surface area (Å²) in [5.74, 6) is 0. The Bertz CT molecular complexity index is 399. The lowest BCUT2D eigenvalue weighted by molar-refractivity contribution is 0.126. The van der Waals surface area contributed by atoms with Crippen molar-refractivity contribution < 1.29 is 9.94 Å². The third kappa shape index (κ3) is 7.82. The normalized spacial score (nSPS) is 13.7. The van der Waals surface area contributed by atoms with E-state index >= 15 is 0 Å². The summed E-state index contributed by atoms with van der Waals surface area (Å²) < 4.78 is 0. The smallest absolute Gasteiger partial charge is 0.142 e. The predicted octanol–water partition coefficient (Wildman–Crippen LogP) is 2.59. The topological polar surface area (TPSA) is 53.8 Å². The number of oxime groups is 1. The molecule has 0 bridgehead atoms. The molecule has 0 saturated heterocycles. The van der Waals surface area contributed by atoms with Crippen LogP contribution in [0.2, 0.25) is 5.02 Å². The van der Waals surface area contributed by atoms with Crippen LogP contribution in [0.1, 0.15) is 26.3 Å². The average molecular weight is 285 g/mol. The number of β-amino-alcohol motifs (C(OH)–C–C–N with tert-alkyl or cyclic N) is 1. The van der Waals surface area contributed by atoms with Crippen molar-refractivity contribution in [2.45, 2.75) is 39.0 Å². The van der Waals surface area contributed by atoms with Gasteiger partial charge in [-0.05, 0) is 38.5 Å². The minimum absolute atomic E-state index is 0.0288. The zero-order chi connectivity index (χ0) is 14.3. The Morgan fingerprint density at radius 3 is 2.58 bits per heavy atom. The summed E-state index contributed by atoms with van der Waals surface area (Å²) in [6.07, 6.45) is 0.721. The summed E-state index contributed by atoms with van der Waals surface area (Å²) in [5, 5.41) is 17.2. The first-order valence-electron chi connectivity index (χ1n) is 6.20. The first kappa shape index (κ1) is 16.0. The summed E-state index contributed by atoms with van der Waals surface area (Å²) in [5.41, 5.74) is 0.947. The van der Waals surface area contributed by atoms with Gasteiger partial charge in [-0.2, -0.15) is 0 Å². The van der Waals surface area contributed by atoms with Gasteiger partial charge in [0.1, 0.15) is 12.7 Å². The fraction of sp³-hybridized carbons (Fsp3) is 0.500. The monoisotopic (exact) mass is 284 g/mol. The van der Waals surface area contributed by atoms with E-state index in [0.717, 1.165) is 5.56 Å². The van der Waals surface area contributed by atoms with Gasteiger partial charge in [-0.25, -0.2) is 0 Å². The van der Waals surface area contributed by atoms with Crippen LogP contribution in [0.15, 0.2) is 29.4 Å². The van der Waals surface area contributed by atoms with Gasteiger partial charge in [-0.3, -0.25) is 0 Å². The Labute approximate surface area is 119 Å². The van der Waals surface area contributed by atoms with E-state index in [1.54, 1.807) is 12.1 Å². The minimum atomic E-state index is -0.663. The maximum absolute atomic E-state index is 9.64. The van der Waals surface area contributed by atoms with Crippen molar-refractivity contribution in [3.8, 4) is 0 Å². The summed E-state index contributed by atoms with van der Waals surface area (Å²) >= 11 is 5.78. The molecular formula is C14H21ClN2O2. The van der Waals surface area contributed by atoms with Crippen LogP contribution in [-0.4, -0.2) is 29.5 Å². The lowest BCUT2D eigenvalue weighted by atomic mass is 10.1. The quantitative estimate of drug-likeness (QED) is 0.624. The molecule has 0 fully saturated rings. The van der Waals surface area contributed by atoms with Gasteiger partial charge in [0, 0.05) is 17.1 Å². The van der Waals surface area contributed by atoms with Gasteiger partial charge in [0.05, 0.1) is 6.21 Å². The van der Waals surface area contributed by atoms with E-state index < -0.39 is 6.10 Å². The Morgan fingerprint density at radius 1 is 1.37 bits per heavy atom. The number of halogens is 1. The number of nitrogens with one attached hydrogen (secondary N) is 1. The summed E-state index contributed by atoms with van der Waals surface area (Å²) in [6, 6.07) is 7.34. The van der Waals surface area contributed by atoms with E-state index in [1.165, 1.54) is 6.21 Å². The molecule has 0 unspecified atom stereocenters. The van der Waals surface area contributed by atoms with Crippen molar-refractivity contribution in [3.63, 3.8) is 0 Å². The van der Waals surface area contributed by atoms with Crippen molar-refractivity contribution in [2.24, 2.45) is 5.16 Å². The SMILES string of the molecule is CC(C)(C)NC[C@H](O)/C=N/OCc1ccc(Cl)cc1. The lowest BCUT2D eigenvalue weighted by Crippen LogP contribution is -2.41. The molecule has 0 heterocycles. The minimum Gasteiger partial charge on any atom is -0.391 e. The lowest BCUT2D eigenvalue weighted by Gasteiger charge is -2.21. The van der Waals surface area contributed by atoms with E-state index in [-0.39, 0.29) is 5.54 Å². The van der Waals surface area contributed by atoms with Crippen molar-refractivity contribution in [2.75, 3.05) is 6.54 Å². The number of rotatable bonds is 6. The number of hydrogen-bond acceptors (Lipinski definition) is 4. The molecular weight excluding hydrogens is 264 g/mol. The standard InChI is InChI=1S/C14H21ClN2O2/c1-14(2,3)16-8-13(18)9-17-19-10-11-4-6-12(15)7-5-11/h4-7,9,13,16,18H,8,10H2,1-3H3/b17-9+/t13-/m0/s1. The van der Waals surface area contributed by atoms with Crippen molar-refractivity contribution >= 4 is 17.8 Å². The van der Waals surface area contributed by atoms with E-state index in [9.17, 15) is 5.11 Å². The van der Waals surface area contributed by atoms with E-state index in [0.29, 0.717) is 18.2 Å². The summed E-state index contributed by atoms with van der Waals surface area (Å²) in [7, 11) is 0. The van der Waals surface area contributed by atoms with Crippen LogP contribution in [0, 0.1) is 0 Å². The Balaban J connectivity index is 2.24. The number of aliphatic hydroxyl groups is 1. The second kappa shape index (κ2) is 7.48. The first-order chi connectivity index (χ1) is 8.87. The zero-order valence-electron chi connectivity index (χ0n) is 11.6. The highest BCUT2D eigenvalue weighted by atomic mass is 35.5. The second-order valence-electron chi connectivity index (χ2n) is 5.35. The molecule has 0 amide bonds. The van der Waals surface area contributed by atoms with Crippen molar-refractivity contribution in [3.05, 3.63) is 34.9 Å². The number of benzene rings is 1. The molecule has 19 heavy (non-hydrogen) atoms. The molecule has 2 N–H and O–H groups in total. The fourth-order valence-electron chi connectivity index (χ4n) is 1.27. The highest BCUT2D eigenvalue weighted by molar-refractivity contribution is 6.30. The van der Waals surface area contributed by atoms with Crippen molar-refractivity contribution in [1.82, 2.24) is 5.32 Å². The molecule has 0 aliphatic rings. The molecule has 106 valence electrons. The van der Waals surface area contributed by atoms with Crippen LogP contribution >= 0.6 is 11.6 Å². The third-order valence-corrected chi connectivity index (χ3v) is 2.55. The molecule has 1 aromatic rings. The van der Waals surface area contributed by atoms with Crippen LogP contribution in [0.5, 0.6) is 0 Å². The van der Waals surface area contributed by atoms with Crippen LogP contribution in [0.3, 0.4) is 0 Å². The zero-order valence-corrected chi connectivity index (χ0v) is 12.3. The first-order valence-corrected chi connectivity index (χ1v) is 6.57. The van der Waals surface area contributed by atoms with Crippen LogP contribution in [0.4, 0.5) is 0 Å². The Morgan fingerprint density at radius 2 is 2.00 bits per heavy atom. The van der Waals surface area contributed by atoms with Gasteiger partial charge in [0.2, 0.25) is 0 Å². The maximum Gasteiger partial charge on any atom is 0.142 e. The Kier molecular flexibility index (Phi) is 6.28. The summed E-state index contributed by atoms with van der Waals surface area (Å²) in [6.45, 7) is 6.90. The van der Waals surface area contributed by atoms with Crippen LogP contribution < -0.4 is 5.32 Å². The van der Waals surface area contributed by atoms with Gasteiger partial charge in [-0.15, -0.1) is 0 Å². The molecule has 0 radical (unpaired) electrons. The number of nitrogens with zero attached hydrogens (tertiary/aromatic N) is 1. The van der Waals surface area contributed by atoms with E-state index in [4.69, 9.17) is 16.4 Å². The molecule has 1 rings (SSSR count). The third-order valence-electron chi connectivity index (χ3n) is 2.29. The predicted molar refractivity (Wildman–Crippen MR) is 78.5 cm³/mol. The van der Waals surface area contributed by atoms with Gasteiger partial charge in [0.15, 0.2) is 0 Å².